The van der Waals surface area contributed by atoms with Crippen LogP contribution in [0, 0.1) is 5.92 Å². The van der Waals surface area contributed by atoms with E-state index in [0.29, 0.717) is 11.6 Å². The second-order valence-electron chi connectivity index (χ2n) is 10.6. The number of anilines is 1. The minimum Gasteiger partial charge on any atom is -0.384 e. The summed E-state index contributed by atoms with van der Waals surface area (Å²) < 4.78 is 39.4. The molecule has 1 aliphatic heterocycles. The molecule has 37 heavy (non-hydrogen) atoms. The van der Waals surface area contributed by atoms with Gasteiger partial charge >= 0.3 is 0 Å². The number of nitrogens with one attached hydrogen (secondary N) is 1. The van der Waals surface area contributed by atoms with E-state index >= 15 is 0 Å². The van der Waals surface area contributed by atoms with Crippen LogP contribution in [-0.2, 0) is 19.5 Å². The van der Waals surface area contributed by atoms with Crippen molar-refractivity contribution in [1.29, 1.82) is 0 Å². The summed E-state index contributed by atoms with van der Waals surface area (Å²) in [6.07, 6.45) is 7.51. The van der Waals surface area contributed by atoms with E-state index in [1.807, 2.05) is 4.68 Å². The highest BCUT2D eigenvalue weighted by Gasteiger charge is 2.30. The molecule has 0 radical (unpaired) electrons. The Labute approximate surface area is 220 Å². The minimum absolute atomic E-state index is 0.00292. The fraction of sp³-hybridized carbons (Fsp3) is 0.731. The first-order valence-electron chi connectivity index (χ1n) is 13.4. The van der Waals surface area contributed by atoms with E-state index in [1.165, 1.54) is 13.5 Å². The van der Waals surface area contributed by atoms with E-state index in [4.69, 9.17) is 19.6 Å². The van der Waals surface area contributed by atoms with E-state index in [-0.39, 0.29) is 30.0 Å². The van der Waals surface area contributed by atoms with Gasteiger partial charge in [-0.05, 0) is 43.6 Å². The van der Waals surface area contributed by atoms with Crippen molar-refractivity contribution in [2.24, 2.45) is 5.92 Å². The fourth-order valence-electron chi connectivity index (χ4n) is 5.51. The Bertz CT molecular complexity index is 1180. The number of ether oxygens (including phenoxy) is 2. The molecule has 0 aromatic carbocycles. The minimum atomic E-state index is -3.85. The van der Waals surface area contributed by atoms with Gasteiger partial charge in [0.05, 0.1) is 35.2 Å². The van der Waals surface area contributed by atoms with E-state index in [2.05, 4.69) is 23.5 Å². The molecule has 10 nitrogen and oxygen atoms in total. The number of carbonyl (C=O) groups excluding carboxylic acids is 1. The number of carbonyl (C=O) groups is 1. The van der Waals surface area contributed by atoms with Gasteiger partial charge in [-0.25, -0.2) is 22.8 Å². The molecular weight excluding hydrogens is 494 g/mol. The normalized spacial score (nSPS) is 18.1. The van der Waals surface area contributed by atoms with Crippen molar-refractivity contribution in [3.05, 3.63) is 17.5 Å². The topological polar surface area (TPSA) is 116 Å². The molecule has 2 aromatic rings. The number of hydrogen-bond donors (Lipinski definition) is 1. The van der Waals surface area contributed by atoms with Gasteiger partial charge in [-0.3, -0.25) is 4.79 Å². The molecule has 2 aliphatic rings. The predicted molar refractivity (Wildman–Crippen MR) is 144 cm³/mol. The zero-order chi connectivity index (χ0) is 26.6. The Kier molecular flexibility index (Phi) is 9.07. The molecule has 0 spiro atoms. The van der Waals surface area contributed by atoms with Gasteiger partial charge in [-0.1, -0.05) is 33.1 Å². The van der Waals surface area contributed by atoms with Gasteiger partial charge in [0, 0.05) is 33.9 Å². The largest absolute Gasteiger partial charge is 0.384 e. The molecule has 1 saturated heterocycles. The van der Waals surface area contributed by atoms with Crippen LogP contribution >= 0.6 is 0 Å². The van der Waals surface area contributed by atoms with Gasteiger partial charge in [-0.2, -0.15) is 5.10 Å². The van der Waals surface area contributed by atoms with Gasteiger partial charge in [0.1, 0.15) is 5.69 Å². The molecule has 0 bridgehead atoms. The number of rotatable bonds is 10. The van der Waals surface area contributed by atoms with Crippen LogP contribution in [0.1, 0.15) is 86.9 Å². The average molecular weight is 536 g/mol. The SMILES string of the molecule is COCCS(=O)(=O)NC(=O)c1cc(N2CCC(COC)CC2)c2c(C(C)C)nn(C3CCCCC3)c2n1. The fourth-order valence-corrected chi connectivity index (χ4v) is 6.38. The summed E-state index contributed by atoms with van der Waals surface area (Å²) in [6, 6.07) is 1.97. The quantitative estimate of drug-likeness (QED) is 0.490. The lowest BCUT2D eigenvalue weighted by Gasteiger charge is -2.34. The van der Waals surface area contributed by atoms with Gasteiger partial charge in [0.15, 0.2) is 5.65 Å². The van der Waals surface area contributed by atoms with Crippen LogP contribution in [0.15, 0.2) is 6.07 Å². The van der Waals surface area contributed by atoms with Crippen molar-refractivity contribution in [2.45, 2.75) is 70.8 Å². The molecule has 11 heteroatoms. The number of methoxy groups -OCH3 is 2. The molecule has 206 valence electrons. The summed E-state index contributed by atoms with van der Waals surface area (Å²) in [4.78, 5) is 20.3. The predicted octanol–water partition coefficient (Wildman–Crippen LogP) is 3.63. The van der Waals surface area contributed by atoms with Crippen LogP contribution in [0.25, 0.3) is 11.0 Å². The Morgan fingerprint density at radius 1 is 1.11 bits per heavy atom. The van der Waals surface area contributed by atoms with Crippen molar-refractivity contribution in [1.82, 2.24) is 19.5 Å². The number of piperidine rings is 1. The molecule has 2 fully saturated rings. The molecule has 3 heterocycles. The number of sulfonamides is 1. The van der Waals surface area contributed by atoms with Crippen molar-refractivity contribution in [3.63, 3.8) is 0 Å². The number of aromatic nitrogens is 3. The standard InChI is InChI=1S/C26H41N5O5S/c1-18(2)24-23-22(30-12-10-19(11-13-30)17-36-4)16-21(26(32)29-37(33,34)15-14-35-3)27-25(23)31(28-24)20-8-6-5-7-9-20/h16,18-20H,5-15,17H2,1-4H3,(H,29,32). The second-order valence-corrected chi connectivity index (χ2v) is 12.5. The summed E-state index contributed by atoms with van der Waals surface area (Å²) in [5.74, 6) is -0.347. The van der Waals surface area contributed by atoms with Gasteiger partial charge in [0.2, 0.25) is 10.0 Å². The molecule has 0 atom stereocenters. The van der Waals surface area contributed by atoms with E-state index in [0.717, 1.165) is 75.0 Å². The summed E-state index contributed by atoms with van der Waals surface area (Å²) in [7, 11) is -0.690. The Morgan fingerprint density at radius 3 is 2.43 bits per heavy atom. The molecule has 1 N–H and O–H groups in total. The molecule has 1 saturated carbocycles. The summed E-state index contributed by atoms with van der Waals surface area (Å²) >= 11 is 0. The van der Waals surface area contributed by atoms with Crippen LogP contribution in [0.5, 0.6) is 0 Å². The number of hydrogen-bond acceptors (Lipinski definition) is 8. The monoisotopic (exact) mass is 535 g/mol. The maximum absolute atomic E-state index is 13.2. The van der Waals surface area contributed by atoms with Crippen LogP contribution in [-0.4, -0.2) is 75.4 Å². The zero-order valence-electron chi connectivity index (χ0n) is 22.5. The first-order valence-corrected chi connectivity index (χ1v) is 15.1. The van der Waals surface area contributed by atoms with Crippen LogP contribution in [0.2, 0.25) is 0 Å². The number of fused-ring (bicyclic) bond motifs is 1. The molecule has 2 aromatic heterocycles. The summed E-state index contributed by atoms with van der Waals surface area (Å²) in [5, 5.41) is 6.05. The van der Waals surface area contributed by atoms with Crippen molar-refractivity contribution in [3.8, 4) is 0 Å². The molecule has 1 aliphatic carbocycles. The lowest BCUT2D eigenvalue weighted by atomic mass is 9.95. The van der Waals surface area contributed by atoms with Gasteiger partial charge < -0.3 is 14.4 Å². The smallest absolute Gasteiger partial charge is 0.283 e. The lowest BCUT2D eigenvalue weighted by molar-refractivity contribution is 0.0976. The molecule has 1 amide bonds. The highest BCUT2D eigenvalue weighted by molar-refractivity contribution is 7.90. The number of amides is 1. The summed E-state index contributed by atoms with van der Waals surface area (Å²) in [6.45, 7) is 6.65. The number of pyridine rings is 1. The highest BCUT2D eigenvalue weighted by atomic mass is 32.2. The van der Waals surface area contributed by atoms with Crippen molar-refractivity contribution < 1.29 is 22.7 Å². The van der Waals surface area contributed by atoms with E-state index < -0.39 is 15.9 Å². The lowest BCUT2D eigenvalue weighted by Crippen LogP contribution is -2.36. The van der Waals surface area contributed by atoms with Gasteiger partial charge in [0.25, 0.3) is 5.91 Å². The molecule has 4 rings (SSSR count). The maximum atomic E-state index is 13.2. The third-order valence-electron chi connectivity index (χ3n) is 7.53. The average Bonchev–Trinajstić information content (AvgIpc) is 3.28. The Morgan fingerprint density at radius 2 is 1.81 bits per heavy atom. The van der Waals surface area contributed by atoms with E-state index in [9.17, 15) is 13.2 Å². The van der Waals surface area contributed by atoms with Crippen molar-refractivity contribution >= 4 is 32.7 Å². The maximum Gasteiger partial charge on any atom is 0.283 e. The second kappa shape index (κ2) is 12.1. The van der Waals surface area contributed by atoms with Crippen LogP contribution in [0.4, 0.5) is 5.69 Å². The first kappa shape index (κ1) is 27.8. The molecule has 0 unspecified atom stereocenters. The zero-order valence-corrected chi connectivity index (χ0v) is 23.3. The highest BCUT2D eigenvalue weighted by Crippen LogP contribution is 2.38. The summed E-state index contributed by atoms with van der Waals surface area (Å²) in [5.41, 5.74) is 2.65. The van der Waals surface area contributed by atoms with Crippen LogP contribution in [0.3, 0.4) is 0 Å². The van der Waals surface area contributed by atoms with Crippen molar-refractivity contribution in [2.75, 3.05) is 51.2 Å². The Balaban J connectivity index is 1.80. The third-order valence-corrected chi connectivity index (χ3v) is 8.73. The van der Waals surface area contributed by atoms with Gasteiger partial charge in [-0.15, -0.1) is 0 Å². The first-order chi connectivity index (χ1) is 17.7. The van der Waals surface area contributed by atoms with Crippen LogP contribution < -0.4 is 9.62 Å². The third kappa shape index (κ3) is 6.43. The number of nitrogens with zero attached hydrogens (tertiary/aromatic N) is 4. The molecular formula is C26H41N5O5S. The van der Waals surface area contributed by atoms with E-state index in [1.54, 1.807) is 13.2 Å². The Hall–Kier alpha value is -2.24.